The molecule has 7 nitrogen and oxygen atoms in total. The third kappa shape index (κ3) is 3.18. The van der Waals surface area contributed by atoms with Gasteiger partial charge in [-0.1, -0.05) is 6.07 Å². The highest BCUT2D eigenvalue weighted by Gasteiger charge is 2.28. The van der Waals surface area contributed by atoms with Crippen LogP contribution in [-0.2, 0) is 0 Å². The number of hydrogen-bond acceptors (Lipinski definition) is 7. The summed E-state index contributed by atoms with van der Waals surface area (Å²) in [5, 5.41) is 3.28. The molecule has 110 valence electrons. The summed E-state index contributed by atoms with van der Waals surface area (Å²) in [4.78, 5) is 17.0. The van der Waals surface area contributed by atoms with Gasteiger partial charge in [0.05, 0.1) is 7.11 Å². The largest absolute Gasteiger partial charge is 0.481 e. The van der Waals surface area contributed by atoms with Gasteiger partial charge in [-0.15, -0.1) is 0 Å². The Balaban J connectivity index is 1.88. The Bertz CT molecular complexity index is 643. The lowest BCUT2D eigenvalue weighted by atomic mass is 10.2. The Hall–Kier alpha value is -2.44. The molecule has 1 aliphatic carbocycles. The van der Waals surface area contributed by atoms with E-state index in [0.29, 0.717) is 35.3 Å². The van der Waals surface area contributed by atoms with Gasteiger partial charge in [0, 0.05) is 12.1 Å². The SMILES string of the molecule is COc1cccc(-c2nc(N)nc(NC(C)C3CC3)n2)n1. The molecule has 1 unspecified atom stereocenters. The number of pyridine rings is 1. The second-order valence-electron chi connectivity index (χ2n) is 5.18. The average molecular weight is 286 g/mol. The van der Waals surface area contributed by atoms with Crippen LogP contribution in [0.4, 0.5) is 11.9 Å². The van der Waals surface area contributed by atoms with E-state index in [0.717, 1.165) is 0 Å². The molecule has 3 N–H and O–H groups in total. The van der Waals surface area contributed by atoms with Gasteiger partial charge < -0.3 is 15.8 Å². The fourth-order valence-electron chi connectivity index (χ4n) is 2.14. The minimum atomic E-state index is 0.176. The zero-order valence-corrected chi connectivity index (χ0v) is 12.1. The first-order valence-electron chi connectivity index (χ1n) is 6.95. The standard InChI is InChI=1S/C14H18N6O/c1-8(9-6-7-9)16-14-19-12(18-13(15)20-14)10-4-3-5-11(17-10)21-2/h3-5,8-9H,6-7H2,1-2H3,(H3,15,16,18,19,20). The minimum absolute atomic E-state index is 0.176. The van der Waals surface area contributed by atoms with Crippen LogP contribution < -0.4 is 15.8 Å². The number of nitrogens with zero attached hydrogens (tertiary/aromatic N) is 4. The number of nitrogens with one attached hydrogen (secondary N) is 1. The molecule has 2 aromatic heterocycles. The van der Waals surface area contributed by atoms with E-state index in [1.54, 1.807) is 13.2 Å². The first kappa shape index (κ1) is 13.5. The Kier molecular flexibility index (Phi) is 3.55. The van der Waals surface area contributed by atoms with Crippen molar-refractivity contribution in [1.29, 1.82) is 0 Å². The molecule has 0 radical (unpaired) electrons. The summed E-state index contributed by atoms with van der Waals surface area (Å²) in [6, 6.07) is 5.74. The molecule has 0 aliphatic heterocycles. The molecule has 7 heteroatoms. The summed E-state index contributed by atoms with van der Waals surface area (Å²) in [5.41, 5.74) is 6.38. The van der Waals surface area contributed by atoms with Crippen LogP contribution in [0.3, 0.4) is 0 Å². The van der Waals surface area contributed by atoms with E-state index in [1.807, 2.05) is 12.1 Å². The first-order chi connectivity index (χ1) is 10.2. The summed E-state index contributed by atoms with van der Waals surface area (Å²) < 4.78 is 5.11. The number of ether oxygens (including phenoxy) is 1. The molecule has 0 spiro atoms. The Labute approximate surface area is 123 Å². The van der Waals surface area contributed by atoms with Crippen molar-refractivity contribution >= 4 is 11.9 Å². The van der Waals surface area contributed by atoms with Gasteiger partial charge in [0.2, 0.25) is 17.8 Å². The lowest BCUT2D eigenvalue weighted by molar-refractivity contribution is 0.398. The molecule has 1 fully saturated rings. The van der Waals surface area contributed by atoms with Crippen molar-refractivity contribution in [2.24, 2.45) is 5.92 Å². The van der Waals surface area contributed by atoms with Crippen molar-refractivity contribution in [1.82, 2.24) is 19.9 Å². The molecular weight excluding hydrogens is 268 g/mol. The molecule has 2 aromatic rings. The van der Waals surface area contributed by atoms with Crippen LogP contribution in [0.15, 0.2) is 18.2 Å². The zero-order valence-electron chi connectivity index (χ0n) is 12.1. The molecule has 0 bridgehead atoms. The minimum Gasteiger partial charge on any atom is -0.481 e. The number of anilines is 2. The number of rotatable bonds is 5. The zero-order chi connectivity index (χ0) is 14.8. The van der Waals surface area contributed by atoms with Gasteiger partial charge in [-0.2, -0.15) is 15.0 Å². The molecule has 2 heterocycles. The lowest BCUT2D eigenvalue weighted by Crippen LogP contribution is -2.20. The van der Waals surface area contributed by atoms with E-state index in [4.69, 9.17) is 10.5 Å². The quantitative estimate of drug-likeness (QED) is 0.863. The third-order valence-electron chi connectivity index (χ3n) is 3.50. The molecule has 0 amide bonds. The topological polar surface area (TPSA) is 98.8 Å². The normalized spacial score (nSPS) is 15.5. The van der Waals surface area contributed by atoms with Gasteiger partial charge in [0.15, 0.2) is 5.82 Å². The summed E-state index contributed by atoms with van der Waals surface area (Å²) in [5.74, 6) is 2.30. The van der Waals surface area contributed by atoms with E-state index >= 15 is 0 Å². The van der Waals surface area contributed by atoms with Gasteiger partial charge in [-0.25, -0.2) is 4.98 Å². The highest BCUT2D eigenvalue weighted by atomic mass is 16.5. The van der Waals surface area contributed by atoms with Crippen LogP contribution in [0, 0.1) is 5.92 Å². The summed E-state index contributed by atoms with van der Waals surface area (Å²) in [7, 11) is 1.57. The monoisotopic (exact) mass is 286 g/mol. The number of nitrogens with two attached hydrogens (primary N) is 1. The predicted molar refractivity (Wildman–Crippen MR) is 79.8 cm³/mol. The van der Waals surface area contributed by atoms with Crippen molar-refractivity contribution in [3.05, 3.63) is 18.2 Å². The maximum absolute atomic E-state index is 5.77. The van der Waals surface area contributed by atoms with Crippen LogP contribution in [0.25, 0.3) is 11.5 Å². The molecule has 0 saturated heterocycles. The van der Waals surface area contributed by atoms with Gasteiger partial charge in [0.25, 0.3) is 0 Å². The maximum atomic E-state index is 5.77. The van der Waals surface area contributed by atoms with E-state index in [9.17, 15) is 0 Å². The van der Waals surface area contributed by atoms with Gasteiger partial charge >= 0.3 is 0 Å². The molecule has 0 aromatic carbocycles. The Morgan fingerprint density at radius 3 is 2.76 bits per heavy atom. The third-order valence-corrected chi connectivity index (χ3v) is 3.50. The van der Waals surface area contributed by atoms with E-state index in [2.05, 4.69) is 32.2 Å². The van der Waals surface area contributed by atoms with E-state index in [-0.39, 0.29) is 5.95 Å². The molecule has 3 rings (SSSR count). The molecule has 1 saturated carbocycles. The molecule has 1 aliphatic rings. The first-order valence-corrected chi connectivity index (χ1v) is 6.95. The van der Waals surface area contributed by atoms with Gasteiger partial charge in [-0.05, 0) is 31.7 Å². The predicted octanol–water partition coefficient (Wildman–Crippen LogP) is 1.73. The summed E-state index contributed by atoms with van der Waals surface area (Å²) in [6.45, 7) is 2.13. The highest BCUT2D eigenvalue weighted by Crippen LogP contribution is 2.33. The Morgan fingerprint density at radius 1 is 1.24 bits per heavy atom. The average Bonchev–Trinajstić information content (AvgIpc) is 3.31. The van der Waals surface area contributed by atoms with Crippen molar-refractivity contribution in [2.45, 2.75) is 25.8 Å². The maximum Gasteiger partial charge on any atom is 0.228 e. The molecule has 21 heavy (non-hydrogen) atoms. The fourth-order valence-corrected chi connectivity index (χ4v) is 2.14. The van der Waals surface area contributed by atoms with E-state index in [1.165, 1.54) is 12.8 Å². The van der Waals surface area contributed by atoms with Crippen LogP contribution in [0.2, 0.25) is 0 Å². The Morgan fingerprint density at radius 2 is 2.05 bits per heavy atom. The number of methoxy groups -OCH3 is 1. The van der Waals surface area contributed by atoms with Crippen molar-refractivity contribution in [3.8, 4) is 17.4 Å². The second-order valence-corrected chi connectivity index (χ2v) is 5.18. The molecular formula is C14H18N6O. The van der Waals surface area contributed by atoms with Crippen LogP contribution in [0.5, 0.6) is 5.88 Å². The molecule has 1 atom stereocenters. The number of aromatic nitrogens is 4. The van der Waals surface area contributed by atoms with Crippen LogP contribution in [-0.4, -0.2) is 33.1 Å². The van der Waals surface area contributed by atoms with Crippen molar-refractivity contribution in [2.75, 3.05) is 18.2 Å². The van der Waals surface area contributed by atoms with Crippen molar-refractivity contribution in [3.63, 3.8) is 0 Å². The second kappa shape index (κ2) is 5.51. The lowest BCUT2D eigenvalue weighted by Gasteiger charge is -2.13. The van der Waals surface area contributed by atoms with Crippen molar-refractivity contribution < 1.29 is 4.74 Å². The van der Waals surface area contributed by atoms with Crippen LogP contribution in [0.1, 0.15) is 19.8 Å². The van der Waals surface area contributed by atoms with Crippen LogP contribution >= 0.6 is 0 Å². The fraction of sp³-hybridized carbons (Fsp3) is 0.429. The van der Waals surface area contributed by atoms with E-state index < -0.39 is 0 Å². The van der Waals surface area contributed by atoms with Gasteiger partial charge in [0.1, 0.15) is 5.69 Å². The number of hydrogen-bond donors (Lipinski definition) is 2. The van der Waals surface area contributed by atoms with Gasteiger partial charge in [-0.3, -0.25) is 0 Å². The summed E-state index contributed by atoms with van der Waals surface area (Å²) >= 11 is 0. The smallest absolute Gasteiger partial charge is 0.228 e. The highest BCUT2D eigenvalue weighted by molar-refractivity contribution is 5.53. The number of nitrogen functional groups attached to an aromatic ring is 1. The summed E-state index contributed by atoms with van der Waals surface area (Å²) in [6.07, 6.45) is 2.50.